The molecule has 0 aliphatic carbocycles. The minimum Gasteiger partial charge on any atom is -0.469 e. The molecule has 1 aromatic carbocycles. The third-order valence-electron chi connectivity index (χ3n) is 5.30. The molecule has 0 spiro atoms. The molecule has 2 aromatic rings. The van der Waals surface area contributed by atoms with Crippen molar-refractivity contribution in [3.63, 3.8) is 0 Å². The van der Waals surface area contributed by atoms with Gasteiger partial charge in [-0.2, -0.15) is 0 Å². The van der Waals surface area contributed by atoms with E-state index in [0.29, 0.717) is 12.6 Å². The molecule has 29 heavy (non-hydrogen) atoms. The lowest BCUT2D eigenvalue weighted by atomic mass is 10.1. The van der Waals surface area contributed by atoms with Crippen molar-refractivity contribution in [2.24, 2.45) is 4.99 Å². The molecule has 2 N–H and O–H groups in total. The number of hydrogen-bond acceptors (Lipinski definition) is 4. The van der Waals surface area contributed by atoms with Crippen LogP contribution < -0.4 is 10.6 Å². The van der Waals surface area contributed by atoms with Gasteiger partial charge in [-0.05, 0) is 37.0 Å². The van der Waals surface area contributed by atoms with E-state index in [0.717, 1.165) is 70.2 Å². The van der Waals surface area contributed by atoms with Crippen molar-refractivity contribution in [3.8, 4) is 0 Å². The van der Waals surface area contributed by atoms with E-state index < -0.39 is 0 Å². The highest BCUT2D eigenvalue weighted by atomic mass is 16.5. The van der Waals surface area contributed by atoms with Gasteiger partial charge in [0.2, 0.25) is 0 Å². The molecule has 6 nitrogen and oxygen atoms in total. The highest BCUT2D eigenvalue weighted by molar-refractivity contribution is 5.80. The molecule has 1 aromatic heterocycles. The van der Waals surface area contributed by atoms with Crippen molar-refractivity contribution >= 4 is 5.96 Å². The first kappa shape index (κ1) is 21.4. The summed E-state index contributed by atoms with van der Waals surface area (Å²) in [5, 5.41) is 7.17. The maximum Gasteiger partial charge on any atom is 0.191 e. The molecule has 1 aliphatic rings. The fourth-order valence-corrected chi connectivity index (χ4v) is 3.57. The van der Waals surface area contributed by atoms with Gasteiger partial charge in [-0.15, -0.1) is 0 Å². The Morgan fingerprint density at radius 3 is 2.69 bits per heavy atom. The molecule has 1 saturated heterocycles. The Balaban J connectivity index is 1.48. The average molecular weight is 399 g/mol. The summed E-state index contributed by atoms with van der Waals surface area (Å²) < 4.78 is 10.6. The molecule has 6 heteroatoms. The van der Waals surface area contributed by atoms with Crippen LogP contribution in [0.5, 0.6) is 0 Å². The number of piperidine rings is 1. The van der Waals surface area contributed by atoms with Crippen molar-refractivity contribution in [2.45, 2.75) is 31.7 Å². The van der Waals surface area contributed by atoms with Crippen molar-refractivity contribution in [1.82, 2.24) is 15.5 Å². The van der Waals surface area contributed by atoms with Gasteiger partial charge >= 0.3 is 0 Å². The van der Waals surface area contributed by atoms with Gasteiger partial charge in [-0.3, -0.25) is 4.99 Å². The fraction of sp³-hybridized carbons (Fsp3) is 0.522. The zero-order chi connectivity index (χ0) is 20.2. The number of benzene rings is 1. The summed E-state index contributed by atoms with van der Waals surface area (Å²) >= 11 is 0. The average Bonchev–Trinajstić information content (AvgIpc) is 3.27. The molecule has 158 valence electrons. The molecule has 0 bridgehead atoms. The summed E-state index contributed by atoms with van der Waals surface area (Å²) in [6, 6.07) is 14.9. The summed E-state index contributed by atoms with van der Waals surface area (Å²) in [5.74, 6) is 1.88. The van der Waals surface area contributed by atoms with Gasteiger partial charge in [-0.1, -0.05) is 30.3 Å². The minimum absolute atomic E-state index is 0.459. The summed E-state index contributed by atoms with van der Waals surface area (Å²) in [6.07, 6.45) is 5.76. The van der Waals surface area contributed by atoms with E-state index in [4.69, 9.17) is 14.1 Å². The number of furan rings is 1. The highest BCUT2D eigenvalue weighted by Gasteiger charge is 2.19. The smallest absolute Gasteiger partial charge is 0.191 e. The second kappa shape index (κ2) is 12.3. The van der Waals surface area contributed by atoms with Crippen LogP contribution in [0.15, 0.2) is 58.1 Å². The monoisotopic (exact) mass is 398 g/mol. The third kappa shape index (κ3) is 7.91. The molecule has 0 unspecified atom stereocenters. The predicted molar refractivity (Wildman–Crippen MR) is 117 cm³/mol. The van der Waals surface area contributed by atoms with Crippen LogP contribution in [0, 0.1) is 0 Å². The Hall–Kier alpha value is -2.31. The van der Waals surface area contributed by atoms with Gasteiger partial charge in [-0.25, -0.2) is 0 Å². The number of ether oxygens (including phenoxy) is 1. The maximum absolute atomic E-state index is 5.42. The van der Waals surface area contributed by atoms with Crippen LogP contribution in [0.2, 0.25) is 0 Å². The zero-order valence-corrected chi connectivity index (χ0v) is 17.5. The van der Waals surface area contributed by atoms with Gasteiger partial charge in [0.1, 0.15) is 5.76 Å². The summed E-state index contributed by atoms with van der Waals surface area (Å²) in [4.78, 5) is 7.26. The van der Waals surface area contributed by atoms with Crippen molar-refractivity contribution < 1.29 is 9.15 Å². The van der Waals surface area contributed by atoms with Crippen molar-refractivity contribution in [3.05, 3.63) is 60.1 Å². The first-order valence-corrected chi connectivity index (χ1v) is 10.7. The lowest BCUT2D eigenvalue weighted by Gasteiger charge is -2.33. The molecule has 0 radical (unpaired) electrons. The highest BCUT2D eigenvalue weighted by Crippen LogP contribution is 2.10. The van der Waals surface area contributed by atoms with Gasteiger partial charge in [0.15, 0.2) is 5.96 Å². The van der Waals surface area contributed by atoms with Crippen LogP contribution in [0.25, 0.3) is 0 Å². The molecule has 3 rings (SSSR count). The fourth-order valence-electron chi connectivity index (χ4n) is 3.57. The molecular weight excluding hydrogens is 364 g/mol. The van der Waals surface area contributed by atoms with Crippen LogP contribution in [-0.2, 0) is 17.6 Å². The van der Waals surface area contributed by atoms with Crippen LogP contribution >= 0.6 is 0 Å². The van der Waals surface area contributed by atoms with Crippen LogP contribution in [-0.4, -0.2) is 63.3 Å². The molecule has 2 heterocycles. The van der Waals surface area contributed by atoms with Gasteiger partial charge in [0.05, 0.1) is 12.9 Å². The molecule has 1 fully saturated rings. The van der Waals surface area contributed by atoms with E-state index in [1.807, 2.05) is 12.1 Å². The van der Waals surface area contributed by atoms with E-state index >= 15 is 0 Å². The van der Waals surface area contributed by atoms with E-state index in [1.54, 1.807) is 13.4 Å². The Morgan fingerprint density at radius 1 is 1.14 bits per heavy atom. The van der Waals surface area contributed by atoms with Crippen LogP contribution in [0.1, 0.15) is 24.2 Å². The maximum atomic E-state index is 5.42. The Bertz CT molecular complexity index is 695. The Kier molecular flexibility index (Phi) is 9.07. The number of hydrogen-bond donors (Lipinski definition) is 2. The number of rotatable bonds is 10. The summed E-state index contributed by atoms with van der Waals surface area (Å²) in [6.45, 7) is 5.60. The van der Waals surface area contributed by atoms with Crippen LogP contribution in [0.3, 0.4) is 0 Å². The first-order valence-electron chi connectivity index (χ1n) is 10.7. The lowest BCUT2D eigenvalue weighted by Crippen LogP contribution is -2.49. The van der Waals surface area contributed by atoms with E-state index in [-0.39, 0.29) is 0 Å². The quantitative estimate of drug-likeness (QED) is 0.476. The number of methoxy groups -OCH3 is 1. The number of nitrogens with one attached hydrogen (secondary N) is 2. The van der Waals surface area contributed by atoms with Gasteiger partial charge in [0, 0.05) is 52.3 Å². The van der Waals surface area contributed by atoms with Gasteiger partial charge in [0.25, 0.3) is 0 Å². The molecule has 1 aliphatic heterocycles. The summed E-state index contributed by atoms with van der Waals surface area (Å²) in [7, 11) is 1.76. The van der Waals surface area contributed by atoms with Crippen molar-refractivity contribution in [1.29, 1.82) is 0 Å². The van der Waals surface area contributed by atoms with Crippen LogP contribution in [0.4, 0.5) is 0 Å². The predicted octanol–water partition coefficient (Wildman–Crippen LogP) is 2.71. The third-order valence-corrected chi connectivity index (χ3v) is 5.30. The number of guanidine groups is 1. The normalized spacial score (nSPS) is 16.1. The van der Waals surface area contributed by atoms with E-state index in [2.05, 4.69) is 45.9 Å². The molecular formula is C23H34N4O2. The lowest BCUT2D eigenvalue weighted by molar-refractivity contribution is 0.128. The number of nitrogens with zero attached hydrogens (tertiary/aromatic N) is 2. The topological polar surface area (TPSA) is 62.0 Å². The molecule has 0 atom stereocenters. The second-order valence-electron chi connectivity index (χ2n) is 7.48. The molecule has 0 amide bonds. The van der Waals surface area contributed by atoms with Crippen molar-refractivity contribution in [2.75, 3.05) is 46.4 Å². The summed E-state index contributed by atoms with van der Waals surface area (Å²) in [5.41, 5.74) is 1.33. The number of likely N-dealkylation sites (tertiary alicyclic amines) is 1. The standard InChI is InChI=1S/C23H34N4O2/c1-28-19-17-27-15-11-21(12-16-27)26-23(25-14-10-22-8-5-18-29-22)24-13-9-20-6-3-2-4-7-20/h2-8,18,21H,9-17,19H2,1H3,(H2,24,25,26). The SMILES string of the molecule is COCCN1CCC(NC(=NCCc2ccco2)NCCc2ccccc2)CC1. The molecule has 0 saturated carbocycles. The first-order chi connectivity index (χ1) is 14.3. The minimum atomic E-state index is 0.459. The Morgan fingerprint density at radius 2 is 1.97 bits per heavy atom. The number of aliphatic imine (C=N–C) groups is 1. The van der Waals surface area contributed by atoms with E-state index in [9.17, 15) is 0 Å². The van der Waals surface area contributed by atoms with E-state index in [1.165, 1.54) is 5.56 Å². The van der Waals surface area contributed by atoms with Gasteiger partial charge < -0.3 is 24.7 Å². The Labute approximate surface area is 174 Å². The second-order valence-corrected chi connectivity index (χ2v) is 7.48. The zero-order valence-electron chi connectivity index (χ0n) is 17.5. The largest absolute Gasteiger partial charge is 0.469 e.